The predicted molar refractivity (Wildman–Crippen MR) is 171 cm³/mol. The molecule has 3 aromatic rings. The molecule has 13 nitrogen and oxygen atoms in total. The first-order chi connectivity index (χ1) is 22.8. The van der Waals surface area contributed by atoms with E-state index in [1.54, 1.807) is 20.8 Å². The van der Waals surface area contributed by atoms with Gasteiger partial charge in [0.2, 0.25) is 11.8 Å². The fraction of sp³-hybridized carbons (Fsp3) is 0.441. The van der Waals surface area contributed by atoms with Crippen LogP contribution >= 0.6 is 15.9 Å². The average molecular weight is 724 g/mol. The van der Waals surface area contributed by atoms with Crippen LogP contribution in [0.3, 0.4) is 0 Å². The lowest BCUT2D eigenvalue weighted by Crippen LogP contribution is -2.59. The number of likely N-dealkylation sites (tertiary alicyclic amines) is 1. The fourth-order valence-electron chi connectivity index (χ4n) is 8.17. The van der Waals surface area contributed by atoms with Gasteiger partial charge in [0, 0.05) is 0 Å². The van der Waals surface area contributed by atoms with Crippen LogP contribution in [0.25, 0.3) is 11.1 Å². The maximum absolute atomic E-state index is 14.6. The molecular formula is C34H35BrN4O9. The highest BCUT2D eigenvalue weighted by Crippen LogP contribution is 2.77. The number of Topliss-reactive ketones (excluding diaryl/α,β-unsaturated/α-hetero) is 1. The van der Waals surface area contributed by atoms with Crippen molar-refractivity contribution >= 4 is 44.7 Å². The number of fused-ring (bicyclic) bond motifs is 5. The second kappa shape index (κ2) is 11.5. The summed E-state index contributed by atoms with van der Waals surface area (Å²) in [6, 6.07) is 19.0. The molecule has 6 unspecified atom stereocenters. The van der Waals surface area contributed by atoms with Crippen molar-refractivity contribution in [1.82, 2.24) is 19.9 Å². The molecule has 2 aromatic carbocycles. The zero-order valence-corrected chi connectivity index (χ0v) is 27.9. The van der Waals surface area contributed by atoms with Gasteiger partial charge in [0.25, 0.3) is 0 Å². The summed E-state index contributed by atoms with van der Waals surface area (Å²) < 4.78 is 10.9. The van der Waals surface area contributed by atoms with Crippen LogP contribution in [-0.2, 0) is 30.4 Å². The van der Waals surface area contributed by atoms with Gasteiger partial charge in [-0.25, -0.2) is 4.68 Å². The number of allylic oxidation sites excluding steroid dienone is 2. The second-order valence-electron chi connectivity index (χ2n) is 13.1. The molecule has 2 amide bonds. The van der Waals surface area contributed by atoms with Crippen molar-refractivity contribution in [2.24, 2.45) is 16.7 Å². The number of aromatic nitrogens is 3. The number of carbonyl (C=O) groups excluding carboxylic acids is 3. The number of halogens is 1. The molecule has 3 heterocycles. The molecule has 7 rings (SSSR count). The predicted octanol–water partition coefficient (Wildman–Crippen LogP) is 1.45. The first kappa shape index (κ1) is 32.9. The van der Waals surface area contributed by atoms with E-state index in [9.17, 15) is 34.8 Å². The molecule has 252 valence electrons. The number of ketones is 1. The number of hydrogen-bond donors (Lipinski definition) is 4. The standard InChI is InChI=1S/C34H35BrN4O9/c1-17(47-29-26(43)25(42)24(41)21(16-40)48-29)39-15-20(36-37-39)14-38-28(44)27-32(2)22(18-10-6-4-7-11-18)23(19-12-8-5-9-13-19)33(3,30(32)45)34(27,35)31(38)46/h4-13,15,17,21,24-27,29,40-43H,14,16H2,1-3H3/t17?,21-,24+,25+,26-,27?,29?,32?,33?,34?/m1/s1. The molecule has 2 bridgehead atoms. The van der Waals surface area contributed by atoms with Crippen molar-refractivity contribution in [2.45, 2.75) is 68.6 Å². The Labute approximate surface area is 283 Å². The Morgan fingerprint density at radius 2 is 1.54 bits per heavy atom. The van der Waals surface area contributed by atoms with Crippen LogP contribution in [0.5, 0.6) is 0 Å². The molecule has 2 saturated heterocycles. The van der Waals surface area contributed by atoms with Crippen LogP contribution in [0.1, 0.15) is 43.8 Å². The number of benzene rings is 2. The van der Waals surface area contributed by atoms with Gasteiger partial charge >= 0.3 is 0 Å². The molecule has 0 spiro atoms. The minimum absolute atomic E-state index is 0.193. The third-order valence-electron chi connectivity index (χ3n) is 10.5. The zero-order chi connectivity index (χ0) is 34.3. The molecule has 1 saturated carbocycles. The Bertz CT molecular complexity index is 1820. The summed E-state index contributed by atoms with van der Waals surface area (Å²) in [7, 11) is 0. The topological polar surface area (TPSA) is 185 Å². The summed E-state index contributed by atoms with van der Waals surface area (Å²) in [6.45, 7) is 4.25. The molecule has 48 heavy (non-hydrogen) atoms. The lowest BCUT2D eigenvalue weighted by atomic mass is 9.63. The highest BCUT2D eigenvalue weighted by atomic mass is 79.9. The van der Waals surface area contributed by atoms with E-state index in [0.29, 0.717) is 5.57 Å². The van der Waals surface area contributed by atoms with Gasteiger partial charge in [-0.2, -0.15) is 0 Å². The quantitative estimate of drug-likeness (QED) is 0.195. The summed E-state index contributed by atoms with van der Waals surface area (Å²) in [5.41, 5.74) is 0.594. The normalized spacial score (nSPS) is 36.7. The molecule has 14 heteroatoms. The van der Waals surface area contributed by atoms with Gasteiger partial charge in [-0.05, 0) is 43.0 Å². The third kappa shape index (κ3) is 4.27. The largest absolute Gasteiger partial charge is 0.394 e. The minimum atomic E-state index is -1.62. The van der Waals surface area contributed by atoms with Gasteiger partial charge in [0.05, 0.1) is 36.1 Å². The van der Waals surface area contributed by atoms with Crippen LogP contribution in [0.15, 0.2) is 66.9 Å². The van der Waals surface area contributed by atoms with E-state index < -0.39 is 76.4 Å². The first-order valence-electron chi connectivity index (χ1n) is 15.6. The van der Waals surface area contributed by atoms with Crippen LogP contribution < -0.4 is 0 Å². The lowest BCUT2D eigenvalue weighted by Gasteiger charge is -2.41. The number of aliphatic hydroxyl groups excluding tert-OH is 4. The van der Waals surface area contributed by atoms with Gasteiger partial charge < -0.3 is 29.9 Å². The molecule has 2 aliphatic heterocycles. The lowest BCUT2D eigenvalue weighted by molar-refractivity contribution is -0.318. The number of carbonyl (C=O) groups is 3. The molecule has 1 aromatic heterocycles. The summed E-state index contributed by atoms with van der Waals surface area (Å²) in [5, 5.41) is 48.2. The van der Waals surface area contributed by atoms with Crippen molar-refractivity contribution in [2.75, 3.05) is 6.61 Å². The van der Waals surface area contributed by atoms with E-state index in [1.165, 1.54) is 10.9 Å². The molecule has 2 aliphatic carbocycles. The van der Waals surface area contributed by atoms with Crippen molar-refractivity contribution < 1.29 is 44.3 Å². The number of amides is 2. The van der Waals surface area contributed by atoms with E-state index in [1.807, 2.05) is 60.7 Å². The monoisotopic (exact) mass is 722 g/mol. The number of ether oxygens (including phenoxy) is 2. The minimum Gasteiger partial charge on any atom is -0.394 e. The van der Waals surface area contributed by atoms with Crippen molar-refractivity contribution in [3.05, 3.63) is 83.7 Å². The molecule has 0 radical (unpaired) electrons. The van der Waals surface area contributed by atoms with Gasteiger partial charge in [0.15, 0.2) is 18.3 Å². The summed E-state index contributed by atoms with van der Waals surface area (Å²) in [4.78, 5) is 44.6. The highest BCUT2D eigenvalue weighted by molar-refractivity contribution is 9.10. The number of alkyl halides is 1. The van der Waals surface area contributed by atoms with E-state index in [4.69, 9.17) is 9.47 Å². The number of imide groups is 1. The van der Waals surface area contributed by atoms with E-state index in [2.05, 4.69) is 26.2 Å². The average Bonchev–Trinajstić information content (AvgIpc) is 3.73. The molecule has 3 fully saturated rings. The Balaban J connectivity index is 1.19. The Hall–Kier alpha value is -3.63. The van der Waals surface area contributed by atoms with Gasteiger partial charge in [-0.1, -0.05) is 81.8 Å². The zero-order valence-electron chi connectivity index (χ0n) is 26.3. The van der Waals surface area contributed by atoms with E-state index in [0.717, 1.165) is 21.6 Å². The molecule has 4 N–H and O–H groups in total. The maximum atomic E-state index is 14.6. The number of aliphatic hydroxyl groups is 4. The van der Waals surface area contributed by atoms with Crippen molar-refractivity contribution in [3.8, 4) is 0 Å². The second-order valence-corrected chi connectivity index (χ2v) is 14.4. The fourth-order valence-corrected chi connectivity index (χ4v) is 9.42. The summed E-state index contributed by atoms with van der Waals surface area (Å²) >= 11 is 3.75. The van der Waals surface area contributed by atoms with Gasteiger partial charge in [-0.15, -0.1) is 5.10 Å². The summed E-state index contributed by atoms with van der Waals surface area (Å²) in [5.74, 6) is -2.27. The smallest absolute Gasteiger partial charge is 0.248 e. The summed E-state index contributed by atoms with van der Waals surface area (Å²) in [6.07, 6.45) is -6.78. The molecule has 4 aliphatic rings. The highest BCUT2D eigenvalue weighted by Gasteiger charge is 2.85. The number of nitrogens with zero attached hydrogens (tertiary/aromatic N) is 4. The third-order valence-corrected chi connectivity index (χ3v) is 12.1. The van der Waals surface area contributed by atoms with Crippen molar-refractivity contribution in [1.29, 1.82) is 0 Å². The number of hydrogen-bond acceptors (Lipinski definition) is 11. The Morgan fingerprint density at radius 3 is 2.15 bits per heavy atom. The Morgan fingerprint density at radius 1 is 0.938 bits per heavy atom. The van der Waals surface area contributed by atoms with Gasteiger partial charge in [-0.3, -0.25) is 19.3 Å². The molecular weight excluding hydrogens is 688 g/mol. The van der Waals surface area contributed by atoms with E-state index >= 15 is 0 Å². The maximum Gasteiger partial charge on any atom is 0.248 e. The SMILES string of the molecule is CC(OC1O[C@H](CO)[C@H](O)[C@H](O)[C@H]1O)n1cc(CN2C(=O)C3C4(C)C(=O)C(C)(C(c5ccccc5)=C4c4ccccc4)C3(Br)C2=O)nn1. The van der Waals surface area contributed by atoms with Crippen LogP contribution in [0.4, 0.5) is 0 Å². The van der Waals surface area contributed by atoms with Crippen LogP contribution in [0.2, 0.25) is 0 Å². The van der Waals surface area contributed by atoms with Crippen LogP contribution in [0, 0.1) is 16.7 Å². The molecule has 10 atom stereocenters. The van der Waals surface area contributed by atoms with E-state index in [-0.39, 0.29) is 18.0 Å². The Kier molecular flexibility index (Phi) is 7.86. The van der Waals surface area contributed by atoms with Crippen molar-refractivity contribution in [3.63, 3.8) is 0 Å². The number of rotatable bonds is 8. The van der Waals surface area contributed by atoms with Gasteiger partial charge in [0.1, 0.15) is 34.4 Å². The first-order valence-corrected chi connectivity index (χ1v) is 16.4. The van der Waals surface area contributed by atoms with Crippen LogP contribution in [-0.4, -0.2) is 99.6 Å².